The molecule has 1 fully saturated rings. The van der Waals surface area contributed by atoms with E-state index in [4.69, 9.17) is 4.52 Å². The van der Waals surface area contributed by atoms with Gasteiger partial charge in [-0.3, -0.25) is 9.59 Å². The summed E-state index contributed by atoms with van der Waals surface area (Å²) in [5.74, 6) is 0.0749. The molecule has 1 atom stereocenters. The molecule has 0 aliphatic carbocycles. The average molecular weight is 467 g/mol. The maximum Gasteiger partial charge on any atom is 0.260 e. The van der Waals surface area contributed by atoms with E-state index >= 15 is 0 Å². The lowest BCUT2D eigenvalue weighted by atomic mass is 10.1. The highest BCUT2D eigenvalue weighted by Crippen LogP contribution is 2.32. The number of rotatable bonds is 5. The summed E-state index contributed by atoms with van der Waals surface area (Å²) in [6, 6.07) is 21.1. The second kappa shape index (κ2) is 9.18. The first kappa shape index (κ1) is 22.5. The van der Waals surface area contributed by atoms with Crippen LogP contribution in [0.3, 0.4) is 0 Å². The molecule has 4 aromatic rings. The fraction of sp³-hybridized carbons (Fsp3) is 0.214. The first-order chi connectivity index (χ1) is 16.9. The number of nitrogens with one attached hydrogen (secondary N) is 1. The van der Waals surface area contributed by atoms with Crippen molar-refractivity contribution < 1.29 is 14.1 Å². The SMILES string of the molecule is Cc1ccc(-c2noc(-c3ccccc3NC(=O)C3CC(=O)N(c4ccc(C)cc4C)C3)n2)cc1. The van der Waals surface area contributed by atoms with Gasteiger partial charge in [-0.05, 0) is 44.5 Å². The molecule has 35 heavy (non-hydrogen) atoms. The fourth-order valence-corrected chi connectivity index (χ4v) is 4.39. The minimum Gasteiger partial charge on any atom is -0.334 e. The number of hydrogen-bond donors (Lipinski definition) is 1. The summed E-state index contributed by atoms with van der Waals surface area (Å²) in [7, 11) is 0. The van der Waals surface area contributed by atoms with Gasteiger partial charge in [0.15, 0.2) is 0 Å². The van der Waals surface area contributed by atoms with Gasteiger partial charge in [0.1, 0.15) is 0 Å². The van der Waals surface area contributed by atoms with Gasteiger partial charge in [-0.2, -0.15) is 4.98 Å². The lowest BCUT2D eigenvalue weighted by Crippen LogP contribution is -2.28. The van der Waals surface area contributed by atoms with E-state index in [1.165, 1.54) is 0 Å². The molecule has 0 bridgehead atoms. The molecule has 2 amide bonds. The number of aromatic nitrogens is 2. The van der Waals surface area contributed by atoms with E-state index in [-0.39, 0.29) is 18.2 Å². The maximum absolute atomic E-state index is 13.2. The van der Waals surface area contributed by atoms with Crippen molar-refractivity contribution >= 4 is 23.2 Å². The van der Waals surface area contributed by atoms with E-state index in [0.717, 1.165) is 27.9 Å². The largest absolute Gasteiger partial charge is 0.334 e. The summed E-state index contributed by atoms with van der Waals surface area (Å²) in [5.41, 5.74) is 6.19. The first-order valence-electron chi connectivity index (χ1n) is 11.6. The molecule has 5 rings (SSSR count). The lowest BCUT2D eigenvalue weighted by Gasteiger charge is -2.19. The van der Waals surface area contributed by atoms with Gasteiger partial charge in [-0.15, -0.1) is 0 Å². The van der Waals surface area contributed by atoms with Crippen molar-refractivity contribution in [3.8, 4) is 22.8 Å². The van der Waals surface area contributed by atoms with Crippen LogP contribution in [-0.2, 0) is 9.59 Å². The van der Waals surface area contributed by atoms with Crippen LogP contribution in [0.5, 0.6) is 0 Å². The average Bonchev–Trinajstić information content (AvgIpc) is 3.47. The van der Waals surface area contributed by atoms with Crippen LogP contribution in [-0.4, -0.2) is 28.5 Å². The number of hydrogen-bond acceptors (Lipinski definition) is 5. The van der Waals surface area contributed by atoms with Gasteiger partial charge >= 0.3 is 0 Å². The summed E-state index contributed by atoms with van der Waals surface area (Å²) >= 11 is 0. The van der Waals surface area contributed by atoms with Crippen LogP contribution < -0.4 is 10.2 Å². The third-order valence-corrected chi connectivity index (χ3v) is 6.29. The number of carbonyl (C=O) groups is 2. The number of carbonyl (C=O) groups excluding carboxylic acids is 2. The highest BCUT2D eigenvalue weighted by atomic mass is 16.5. The molecule has 0 radical (unpaired) electrons. The molecule has 2 heterocycles. The Morgan fingerprint density at radius 1 is 1.00 bits per heavy atom. The highest BCUT2D eigenvalue weighted by Gasteiger charge is 2.36. The predicted octanol–water partition coefficient (Wildman–Crippen LogP) is 5.32. The molecule has 1 unspecified atom stereocenters. The third kappa shape index (κ3) is 4.57. The topological polar surface area (TPSA) is 88.3 Å². The molecule has 0 spiro atoms. The van der Waals surface area contributed by atoms with Crippen LogP contribution in [0.2, 0.25) is 0 Å². The molecule has 3 aromatic carbocycles. The smallest absolute Gasteiger partial charge is 0.260 e. The number of aryl methyl sites for hydroxylation is 3. The van der Waals surface area contributed by atoms with Crippen LogP contribution in [0.4, 0.5) is 11.4 Å². The van der Waals surface area contributed by atoms with E-state index in [1.54, 1.807) is 11.0 Å². The Labute approximate surface area is 203 Å². The number of anilines is 2. The second-order valence-corrected chi connectivity index (χ2v) is 9.02. The minimum atomic E-state index is -0.456. The molecule has 1 aliphatic heterocycles. The minimum absolute atomic E-state index is 0.0509. The zero-order chi connectivity index (χ0) is 24.5. The first-order valence-corrected chi connectivity index (χ1v) is 11.6. The lowest BCUT2D eigenvalue weighted by molar-refractivity contribution is -0.122. The number of nitrogens with zero attached hydrogens (tertiary/aromatic N) is 3. The Bertz CT molecular complexity index is 1410. The summed E-state index contributed by atoms with van der Waals surface area (Å²) < 4.78 is 5.52. The second-order valence-electron chi connectivity index (χ2n) is 9.02. The van der Waals surface area contributed by atoms with Crippen molar-refractivity contribution in [1.82, 2.24) is 10.1 Å². The van der Waals surface area contributed by atoms with Crippen molar-refractivity contribution in [2.45, 2.75) is 27.2 Å². The van der Waals surface area contributed by atoms with E-state index < -0.39 is 5.92 Å². The van der Waals surface area contributed by atoms with Crippen LogP contribution in [0, 0.1) is 26.7 Å². The Kier molecular flexibility index (Phi) is 5.91. The fourth-order valence-electron chi connectivity index (χ4n) is 4.39. The van der Waals surface area contributed by atoms with E-state index in [0.29, 0.717) is 29.5 Å². The Hall–Kier alpha value is -4.26. The molecule has 1 aromatic heterocycles. The van der Waals surface area contributed by atoms with Gasteiger partial charge < -0.3 is 14.7 Å². The predicted molar refractivity (Wildman–Crippen MR) is 135 cm³/mol. The van der Waals surface area contributed by atoms with Crippen LogP contribution in [0.15, 0.2) is 71.3 Å². The number of para-hydroxylation sites is 1. The number of amides is 2. The zero-order valence-corrected chi connectivity index (χ0v) is 19.9. The van der Waals surface area contributed by atoms with E-state index in [9.17, 15) is 9.59 Å². The van der Waals surface area contributed by atoms with E-state index in [1.807, 2.05) is 81.4 Å². The Morgan fingerprint density at radius 3 is 2.51 bits per heavy atom. The van der Waals surface area contributed by atoms with Crippen molar-refractivity contribution in [3.05, 3.63) is 83.4 Å². The molecule has 176 valence electrons. The zero-order valence-electron chi connectivity index (χ0n) is 19.9. The van der Waals surface area contributed by atoms with Crippen LogP contribution in [0.1, 0.15) is 23.1 Å². The molecule has 1 saturated heterocycles. The van der Waals surface area contributed by atoms with Crippen molar-refractivity contribution in [1.29, 1.82) is 0 Å². The summed E-state index contributed by atoms with van der Waals surface area (Å²) in [5, 5.41) is 7.09. The summed E-state index contributed by atoms with van der Waals surface area (Å²) in [4.78, 5) is 32.1. The van der Waals surface area contributed by atoms with Gasteiger partial charge in [0.2, 0.25) is 17.6 Å². The molecule has 1 aliphatic rings. The van der Waals surface area contributed by atoms with Crippen molar-refractivity contribution in [2.24, 2.45) is 5.92 Å². The molecule has 7 heteroatoms. The van der Waals surface area contributed by atoms with Gasteiger partial charge in [0, 0.05) is 24.2 Å². The van der Waals surface area contributed by atoms with Gasteiger partial charge in [-0.25, -0.2) is 0 Å². The molecule has 1 N–H and O–H groups in total. The quantitative estimate of drug-likeness (QED) is 0.430. The van der Waals surface area contributed by atoms with Gasteiger partial charge in [0.05, 0.1) is 17.2 Å². The molecule has 0 saturated carbocycles. The highest BCUT2D eigenvalue weighted by molar-refractivity contribution is 6.04. The van der Waals surface area contributed by atoms with E-state index in [2.05, 4.69) is 15.5 Å². The maximum atomic E-state index is 13.2. The Balaban J connectivity index is 1.34. The monoisotopic (exact) mass is 466 g/mol. The van der Waals surface area contributed by atoms with Crippen LogP contribution in [0.25, 0.3) is 22.8 Å². The normalized spacial score (nSPS) is 15.5. The molecular weight excluding hydrogens is 440 g/mol. The standard InChI is InChI=1S/C28H26N4O3/c1-17-8-11-20(12-9-17)26-30-28(35-31-26)22-6-4-5-7-23(22)29-27(34)21-15-25(33)32(16-21)24-13-10-18(2)14-19(24)3/h4-14,21H,15-16H2,1-3H3,(H,29,34). The number of benzene rings is 3. The van der Waals surface area contributed by atoms with Gasteiger partial charge in [0.25, 0.3) is 5.89 Å². The molecule has 7 nitrogen and oxygen atoms in total. The summed E-state index contributed by atoms with van der Waals surface area (Å²) in [6.07, 6.45) is 0.166. The van der Waals surface area contributed by atoms with Crippen LogP contribution >= 0.6 is 0 Å². The van der Waals surface area contributed by atoms with Crippen molar-refractivity contribution in [3.63, 3.8) is 0 Å². The summed E-state index contributed by atoms with van der Waals surface area (Å²) in [6.45, 7) is 6.36. The van der Waals surface area contributed by atoms with Crippen molar-refractivity contribution in [2.75, 3.05) is 16.8 Å². The van der Waals surface area contributed by atoms with Gasteiger partial charge in [-0.1, -0.05) is 64.8 Å². The third-order valence-electron chi connectivity index (χ3n) is 6.29. The Morgan fingerprint density at radius 2 is 1.74 bits per heavy atom. The molecular formula is C28H26N4O3.